The number of aromatic hydroxyl groups is 1. The fourth-order valence-electron chi connectivity index (χ4n) is 3.03. The summed E-state index contributed by atoms with van der Waals surface area (Å²) in [7, 11) is 0. The van der Waals surface area contributed by atoms with Crippen molar-refractivity contribution in [2.45, 2.75) is 0 Å². The first-order valence-electron chi connectivity index (χ1n) is 8.97. The van der Waals surface area contributed by atoms with Crippen molar-refractivity contribution in [3.63, 3.8) is 0 Å². The lowest BCUT2D eigenvalue weighted by molar-refractivity contribution is 0.102. The van der Waals surface area contributed by atoms with E-state index < -0.39 is 5.91 Å². The fourth-order valence-corrected chi connectivity index (χ4v) is 5.32. The number of halogens is 4. The van der Waals surface area contributed by atoms with Crippen LogP contribution in [0.15, 0.2) is 66.7 Å². The van der Waals surface area contributed by atoms with Gasteiger partial charge in [-0.3, -0.25) is 4.79 Å². The van der Waals surface area contributed by atoms with Crippen LogP contribution in [-0.4, -0.2) is 11.0 Å². The van der Waals surface area contributed by atoms with Gasteiger partial charge in [-0.1, -0.05) is 53.5 Å². The first-order chi connectivity index (χ1) is 14.8. The van der Waals surface area contributed by atoms with Crippen molar-refractivity contribution in [3.05, 3.63) is 89.5 Å². The second-order valence-electron chi connectivity index (χ2n) is 6.58. The molecule has 0 bridgehead atoms. The van der Waals surface area contributed by atoms with Gasteiger partial charge in [0, 0.05) is 14.0 Å². The van der Waals surface area contributed by atoms with Crippen molar-refractivity contribution in [3.8, 4) is 17.2 Å². The van der Waals surface area contributed by atoms with Crippen molar-refractivity contribution in [2.24, 2.45) is 0 Å². The maximum atomic E-state index is 12.9. The van der Waals surface area contributed by atoms with E-state index >= 15 is 0 Å². The summed E-state index contributed by atoms with van der Waals surface area (Å²) in [6, 6.07) is 19.7. The average molecular weight is 676 g/mol. The SMILES string of the molecule is O=C(Nc1cc(Cl)ccc1Oc1ccc2ccccc2c1Cl)c1cc(I)cc(I)c1O. The summed E-state index contributed by atoms with van der Waals surface area (Å²) in [4.78, 5) is 12.9. The molecule has 0 spiro atoms. The van der Waals surface area contributed by atoms with Crippen LogP contribution in [0, 0.1) is 7.14 Å². The lowest BCUT2D eigenvalue weighted by atomic mass is 10.1. The molecule has 0 radical (unpaired) electrons. The number of carbonyl (C=O) groups is 1. The number of anilines is 1. The second kappa shape index (κ2) is 9.40. The van der Waals surface area contributed by atoms with Gasteiger partial charge in [-0.05, 0) is 87.0 Å². The molecule has 4 aromatic carbocycles. The Kier molecular flexibility index (Phi) is 6.80. The number of amides is 1. The molecule has 0 aliphatic carbocycles. The van der Waals surface area contributed by atoms with Gasteiger partial charge in [0.1, 0.15) is 11.5 Å². The summed E-state index contributed by atoms with van der Waals surface area (Å²) in [5.41, 5.74) is 0.515. The zero-order valence-corrected chi connectivity index (χ0v) is 21.5. The lowest BCUT2D eigenvalue weighted by Crippen LogP contribution is -2.13. The van der Waals surface area contributed by atoms with E-state index in [2.05, 4.69) is 27.9 Å². The summed E-state index contributed by atoms with van der Waals surface area (Å²) in [6.45, 7) is 0. The molecule has 0 saturated carbocycles. The number of carbonyl (C=O) groups excluding carboxylic acids is 1. The number of phenolic OH excluding ortho intramolecular Hbond substituents is 1. The van der Waals surface area contributed by atoms with Crippen LogP contribution in [0.3, 0.4) is 0 Å². The number of nitrogens with one attached hydrogen (secondary N) is 1. The standard InChI is InChI=1S/C23H13Cl2I2NO3/c24-13-6-8-19(31-20-7-5-12-3-1-2-4-15(12)21(20)25)18(9-13)28-23(30)16-10-14(26)11-17(27)22(16)29/h1-11,29H,(H,28,30). The summed E-state index contributed by atoms with van der Waals surface area (Å²) in [5, 5.41) is 15.8. The molecule has 0 aromatic heterocycles. The van der Waals surface area contributed by atoms with E-state index in [0.29, 0.717) is 30.8 Å². The Bertz CT molecular complexity index is 1330. The maximum Gasteiger partial charge on any atom is 0.259 e. The highest BCUT2D eigenvalue weighted by Gasteiger charge is 2.18. The lowest BCUT2D eigenvalue weighted by Gasteiger charge is -2.15. The third-order valence-corrected chi connectivity index (χ3v) is 6.58. The number of ether oxygens (including phenoxy) is 1. The molecule has 31 heavy (non-hydrogen) atoms. The van der Waals surface area contributed by atoms with E-state index in [-0.39, 0.29) is 11.3 Å². The quantitative estimate of drug-likeness (QED) is 0.215. The third-order valence-electron chi connectivity index (χ3n) is 4.51. The van der Waals surface area contributed by atoms with E-state index in [0.717, 1.165) is 14.3 Å². The van der Waals surface area contributed by atoms with Gasteiger partial charge in [0.25, 0.3) is 5.91 Å². The molecule has 4 rings (SSSR count). The Labute approximate surface area is 215 Å². The number of phenols is 1. The van der Waals surface area contributed by atoms with E-state index in [1.54, 1.807) is 36.4 Å². The minimum atomic E-state index is -0.481. The van der Waals surface area contributed by atoms with Gasteiger partial charge in [0.15, 0.2) is 5.75 Å². The number of hydrogen-bond acceptors (Lipinski definition) is 3. The Hall–Kier alpha value is -1.75. The largest absolute Gasteiger partial charge is 0.506 e. The predicted molar refractivity (Wildman–Crippen MR) is 142 cm³/mol. The van der Waals surface area contributed by atoms with E-state index in [9.17, 15) is 9.90 Å². The number of hydrogen-bond donors (Lipinski definition) is 2. The molecule has 0 fully saturated rings. The van der Waals surface area contributed by atoms with Crippen LogP contribution in [0.1, 0.15) is 10.4 Å². The van der Waals surface area contributed by atoms with Crippen LogP contribution in [0.5, 0.6) is 17.2 Å². The predicted octanol–water partition coefficient (Wildman–Crippen LogP) is 8.11. The van der Waals surface area contributed by atoms with Crippen LogP contribution in [0.4, 0.5) is 5.69 Å². The summed E-state index contributed by atoms with van der Waals surface area (Å²) < 4.78 is 7.46. The highest BCUT2D eigenvalue weighted by atomic mass is 127. The molecular formula is C23H13Cl2I2NO3. The topological polar surface area (TPSA) is 58.6 Å². The van der Waals surface area contributed by atoms with Crippen molar-refractivity contribution in [2.75, 3.05) is 5.32 Å². The molecule has 0 aliphatic rings. The molecule has 1 amide bonds. The minimum absolute atomic E-state index is 0.0828. The van der Waals surface area contributed by atoms with E-state index in [1.165, 1.54) is 0 Å². The molecule has 4 nitrogen and oxygen atoms in total. The maximum absolute atomic E-state index is 12.9. The Morgan fingerprint density at radius 2 is 1.68 bits per heavy atom. The Morgan fingerprint density at radius 3 is 2.48 bits per heavy atom. The van der Waals surface area contributed by atoms with E-state index in [4.69, 9.17) is 27.9 Å². The highest BCUT2D eigenvalue weighted by Crippen LogP contribution is 2.39. The first kappa shape index (κ1) is 22.4. The molecule has 0 unspecified atom stereocenters. The molecule has 8 heteroatoms. The average Bonchev–Trinajstić information content (AvgIpc) is 2.74. The van der Waals surface area contributed by atoms with Crippen LogP contribution in [-0.2, 0) is 0 Å². The van der Waals surface area contributed by atoms with Crippen LogP contribution >= 0.6 is 68.4 Å². The smallest absolute Gasteiger partial charge is 0.259 e. The summed E-state index contributed by atoms with van der Waals surface area (Å²) >= 11 is 16.8. The zero-order chi connectivity index (χ0) is 22.1. The third kappa shape index (κ3) is 4.87. The van der Waals surface area contributed by atoms with Gasteiger partial charge < -0.3 is 15.2 Å². The number of fused-ring (bicyclic) bond motifs is 1. The van der Waals surface area contributed by atoms with Gasteiger partial charge in [0.05, 0.1) is 19.8 Å². The first-order valence-corrected chi connectivity index (χ1v) is 11.9. The Morgan fingerprint density at radius 1 is 0.935 bits per heavy atom. The van der Waals surface area contributed by atoms with Gasteiger partial charge >= 0.3 is 0 Å². The fraction of sp³-hybridized carbons (Fsp3) is 0. The van der Waals surface area contributed by atoms with Crippen molar-refractivity contribution >= 4 is 90.8 Å². The molecule has 4 aromatic rings. The van der Waals surface area contributed by atoms with Crippen LogP contribution in [0.25, 0.3) is 10.8 Å². The molecule has 0 atom stereocenters. The molecule has 0 saturated heterocycles. The van der Waals surface area contributed by atoms with Crippen molar-refractivity contribution in [1.29, 1.82) is 0 Å². The van der Waals surface area contributed by atoms with Gasteiger partial charge in [-0.2, -0.15) is 0 Å². The monoisotopic (exact) mass is 675 g/mol. The highest BCUT2D eigenvalue weighted by molar-refractivity contribution is 14.1. The summed E-state index contributed by atoms with van der Waals surface area (Å²) in [6.07, 6.45) is 0. The summed E-state index contributed by atoms with van der Waals surface area (Å²) in [5.74, 6) is 0.255. The normalized spacial score (nSPS) is 10.8. The molecular weight excluding hydrogens is 663 g/mol. The van der Waals surface area contributed by atoms with E-state index in [1.807, 2.05) is 52.9 Å². The molecule has 2 N–H and O–H groups in total. The van der Waals surface area contributed by atoms with Crippen LogP contribution in [0.2, 0.25) is 10.0 Å². The van der Waals surface area contributed by atoms with Gasteiger partial charge in [-0.25, -0.2) is 0 Å². The van der Waals surface area contributed by atoms with Crippen LogP contribution < -0.4 is 10.1 Å². The minimum Gasteiger partial charge on any atom is -0.506 e. The van der Waals surface area contributed by atoms with Crippen molar-refractivity contribution < 1.29 is 14.6 Å². The number of rotatable bonds is 4. The zero-order valence-electron chi connectivity index (χ0n) is 15.6. The molecule has 0 heterocycles. The van der Waals surface area contributed by atoms with Crippen molar-refractivity contribution in [1.82, 2.24) is 0 Å². The Balaban J connectivity index is 1.69. The molecule has 0 aliphatic heterocycles. The number of benzene rings is 4. The van der Waals surface area contributed by atoms with Gasteiger partial charge in [0.2, 0.25) is 0 Å². The molecule has 156 valence electrons. The second-order valence-corrected chi connectivity index (χ2v) is 9.80. The van der Waals surface area contributed by atoms with Gasteiger partial charge in [-0.15, -0.1) is 0 Å².